The van der Waals surface area contributed by atoms with Crippen LogP contribution in [0.1, 0.15) is 25.7 Å². The smallest absolute Gasteiger partial charge is 0.381 e. The van der Waals surface area contributed by atoms with E-state index < -0.39 is 50.0 Å². The number of hydrogen-bond acceptors (Lipinski definition) is 9. The molecule has 0 bridgehead atoms. The molecule has 0 aliphatic heterocycles. The summed E-state index contributed by atoms with van der Waals surface area (Å²) >= 11 is 0. The number of hydrogen-bond donors (Lipinski definition) is 3. The van der Waals surface area contributed by atoms with Crippen molar-refractivity contribution in [3.8, 4) is 6.07 Å². The molecule has 1 unspecified atom stereocenters. The minimum absolute atomic E-state index is 0.0456. The highest BCUT2D eigenvalue weighted by atomic mass is 31.2. The van der Waals surface area contributed by atoms with Crippen molar-refractivity contribution >= 4 is 26.1 Å². The first-order valence-electron chi connectivity index (χ1n) is 13.5. The van der Waals surface area contributed by atoms with Gasteiger partial charge in [-0.2, -0.15) is 44.8 Å². The maximum Gasteiger partial charge on any atom is 0.471 e. The lowest BCUT2D eigenvalue weighted by atomic mass is 9.92. The van der Waals surface area contributed by atoms with Crippen LogP contribution in [0.25, 0.3) is 0 Å². The number of ether oxygens (including phenoxy) is 3. The molecule has 268 valence electrons. The second-order valence-corrected chi connectivity index (χ2v) is 10.8. The Kier molecular flexibility index (Phi) is 20.9. The summed E-state index contributed by atoms with van der Waals surface area (Å²) in [5.41, 5.74) is -1.21. The molecule has 12 nitrogen and oxygen atoms in total. The number of carbonyl (C=O) groups is 3. The van der Waals surface area contributed by atoms with E-state index in [-0.39, 0.29) is 98.2 Å². The van der Waals surface area contributed by atoms with Crippen LogP contribution in [0.15, 0.2) is 0 Å². The summed E-state index contributed by atoms with van der Waals surface area (Å²) in [4.78, 5) is 32.8. The van der Waals surface area contributed by atoms with Crippen LogP contribution in [-0.2, 0) is 37.6 Å². The van der Waals surface area contributed by atoms with Crippen LogP contribution in [0, 0.1) is 16.7 Å². The van der Waals surface area contributed by atoms with E-state index in [1.54, 1.807) is 22.6 Å². The molecule has 0 aliphatic rings. The zero-order chi connectivity index (χ0) is 35.3. The number of rotatable bonds is 24. The van der Waals surface area contributed by atoms with Gasteiger partial charge in [0.1, 0.15) is 0 Å². The quantitative estimate of drug-likeness (QED) is 0.0779. The Hall–Kier alpha value is -2.50. The third kappa shape index (κ3) is 21.3. The first-order chi connectivity index (χ1) is 21.3. The number of nitrogens with one attached hydrogen (secondary N) is 3. The fourth-order valence-electron chi connectivity index (χ4n) is 3.03. The Balaban J connectivity index is 5.35. The molecule has 0 aromatic heterocycles. The van der Waals surface area contributed by atoms with Crippen LogP contribution < -0.4 is 16.0 Å². The molecule has 0 aliphatic carbocycles. The lowest BCUT2D eigenvalue weighted by Crippen LogP contribution is -2.42. The van der Waals surface area contributed by atoms with E-state index in [1.165, 1.54) is 0 Å². The molecule has 0 heterocycles. The van der Waals surface area contributed by atoms with Gasteiger partial charge in [0.2, 0.25) is 0 Å². The first-order valence-corrected chi connectivity index (χ1v) is 15.1. The van der Waals surface area contributed by atoms with Crippen molar-refractivity contribution in [3.63, 3.8) is 0 Å². The molecular weight excluding hydrogens is 674 g/mol. The minimum Gasteiger partial charge on any atom is -0.381 e. The van der Waals surface area contributed by atoms with Crippen molar-refractivity contribution in [1.82, 2.24) is 16.0 Å². The molecule has 0 rings (SSSR count). The molecule has 0 fully saturated rings. The summed E-state index contributed by atoms with van der Waals surface area (Å²) in [7, 11) is -1.57. The molecule has 0 radical (unpaired) electrons. The second kappa shape index (κ2) is 22.1. The standard InChI is InChI=1S/C24H36F9N4O8P/c1-46(44-13-2-6-34)45-17-21(14-41-10-3-7-35-18(38)22(25,26)27,15-42-11-4-8-36-19(39)23(28,29)30)16-43-12-5-9-37-20(40)24(31,32)33/h2-5,7-17H2,1H3,(H,35,38)(H,36,39)(H,37,40). The Morgan fingerprint density at radius 3 is 1.26 bits per heavy atom. The molecule has 1 atom stereocenters. The summed E-state index contributed by atoms with van der Waals surface area (Å²) < 4.78 is 139. The topological polar surface area (TPSA) is 157 Å². The van der Waals surface area contributed by atoms with Gasteiger partial charge in [-0.05, 0) is 19.3 Å². The van der Waals surface area contributed by atoms with E-state index in [9.17, 15) is 53.9 Å². The van der Waals surface area contributed by atoms with E-state index in [0.29, 0.717) is 0 Å². The van der Waals surface area contributed by atoms with Gasteiger partial charge in [0.25, 0.3) is 0 Å². The normalized spacial score (nSPS) is 13.2. The summed E-state index contributed by atoms with van der Waals surface area (Å²) in [6.07, 6.45) is -15.3. The summed E-state index contributed by atoms with van der Waals surface area (Å²) in [5.74, 6) is -6.41. The molecule has 3 amide bonds. The highest BCUT2D eigenvalue weighted by molar-refractivity contribution is 7.46. The van der Waals surface area contributed by atoms with E-state index in [4.69, 9.17) is 28.5 Å². The van der Waals surface area contributed by atoms with Gasteiger partial charge in [0, 0.05) is 46.1 Å². The van der Waals surface area contributed by atoms with Gasteiger partial charge in [-0.25, -0.2) is 0 Å². The molecule has 46 heavy (non-hydrogen) atoms. The van der Waals surface area contributed by atoms with Crippen LogP contribution in [0.5, 0.6) is 0 Å². The van der Waals surface area contributed by atoms with Crippen molar-refractivity contribution in [3.05, 3.63) is 0 Å². The maximum absolute atomic E-state index is 12.4. The van der Waals surface area contributed by atoms with E-state index >= 15 is 0 Å². The fraction of sp³-hybridized carbons (Fsp3) is 0.833. The molecule has 0 saturated carbocycles. The Labute approximate surface area is 259 Å². The van der Waals surface area contributed by atoms with Crippen molar-refractivity contribution in [2.75, 3.05) is 79.2 Å². The third-order valence-electron chi connectivity index (χ3n) is 5.29. The zero-order valence-corrected chi connectivity index (χ0v) is 25.6. The lowest BCUT2D eigenvalue weighted by Gasteiger charge is -2.33. The number of nitriles is 1. The van der Waals surface area contributed by atoms with Crippen molar-refractivity contribution in [2.45, 2.75) is 44.2 Å². The van der Waals surface area contributed by atoms with E-state index in [1.807, 2.05) is 6.07 Å². The van der Waals surface area contributed by atoms with E-state index in [0.717, 1.165) is 0 Å². The Morgan fingerprint density at radius 2 is 0.957 bits per heavy atom. The van der Waals surface area contributed by atoms with Crippen LogP contribution >= 0.6 is 8.38 Å². The van der Waals surface area contributed by atoms with Gasteiger partial charge >= 0.3 is 36.3 Å². The second-order valence-electron chi connectivity index (χ2n) is 9.43. The van der Waals surface area contributed by atoms with Gasteiger partial charge in [0.15, 0.2) is 8.38 Å². The predicted octanol–water partition coefficient (Wildman–Crippen LogP) is 3.12. The number of carbonyl (C=O) groups excluding carboxylic acids is 3. The van der Waals surface area contributed by atoms with Crippen LogP contribution in [0.3, 0.4) is 0 Å². The first kappa shape index (κ1) is 43.5. The lowest BCUT2D eigenvalue weighted by molar-refractivity contribution is -0.173. The fourth-order valence-corrected chi connectivity index (χ4v) is 3.91. The molecule has 3 N–H and O–H groups in total. The average molecular weight is 711 g/mol. The highest BCUT2D eigenvalue weighted by Gasteiger charge is 2.40. The minimum atomic E-state index is -5.07. The molecule has 0 aromatic carbocycles. The largest absolute Gasteiger partial charge is 0.471 e. The molecule has 0 saturated heterocycles. The van der Waals surface area contributed by atoms with Gasteiger partial charge in [0.05, 0.1) is 50.9 Å². The average Bonchev–Trinajstić information content (AvgIpc) is 2.95. The number of nitrogens with zero attached hydrogens (tertiary/aromatic N) is 1. The van der Waals surface area contributed by atoms with Crippen molar-refractivity contribution < 1.29 is 77.2 Å². The van der Waals surface area contributed by atoms with Crippen molar-refractivity contribution in [1.29, 1.82) is 5.26 Å². The highest BCUT2D eigenvalue weighted by Crippen LogP contribution is 2.36. The van der Waals surface area contributed by atoms with Crippen LogP contribution in [0.2, 0.25) is 0 Å². The Morgan fingerprint density at radius 1 is 0.609 bits per heavy atom. The predicted molar refractivity (Wildman–Crippen MR) is 141 cm³/mol. The molecule has 22 heteroatoms. The molecular formula is C24H36F9N4O8P. The third-order valence-corrected chi connectivity index (χ3v) is 6.33. The van der Waals surface area contributed by atoms with Crippen LogP contribution in [-0.4, -0.2) is 115 Å². The maximum atomic E-state index is 12.4. The summed E-state index contributed by atoms with van der Waals surface area (Å²) in [6, 6.07) is 1.88. The van der Waals surface area contributed by atoms with Gasteiger partial charge in [-0.1, -0.05) is 0 Å². The molecule has 0 spiro atoms. The van der Waals surface area contributed by atoms with E-state index in [2.05, 4.69) is 0 Å². The SMILES string of the molecule is CP(OCCC#N)OCC(COCCCNC(=O)C(F)(F)F)(COCCCNC(=O)C(F)(F)F)COCCCNC(=O)C(F)(F)F. The van der Waals surface area contributed by atoms with Gasteiger partial charge in [-0.15, -0.1) is 0 Å². The summed E-state index contributed by atoms with van der Waals surface area (Å²) in [5, 5.41) is 13.7. The summed E-state index contributed by atoms with van der Waals surface area (Å²) in [6.45, 7) is -0.930. The van der Waals surface area contributed by atoms with Crippen LogP contribution in [0.4, 0.5) is 39.5 Å². The monoisotopic (exact) mass is 710 g/mol. The number of halogens is 9. The van der Waals surface area contributed by atoms with Gasteiger partial charge < -0.3 is 39.2 Å². The number of amides is 3. The molecule has 0 aromatic rings. The van der Waals surface area contributed by atoms with Gasteiger partial charge in [-0.3, -0.25) is 14.4 Å². The zero-order valence-electron chi connectivity index (χ0n) is 24.7. The van der Waals surface area contributed by atoms with Crippen molar-refractivity contribution in [2.24, 2.45) is 5.41 Å². The number of alkyl halides is 9. The Bertz CT molecular complexity index is 857.